The SMILES string of the molecule is NCCc1nnc(Nc2c(F)cccc2Br)o1. The molecule has 7 heteroatoms. The number of hydrogen-bond acceptors (Lipinski definition) is 5. The molecule has 17 heavy (non-hydrogen) atoms. The Balaban J connectivity index is 2.19. The van der Waals surface area contributed by atoms with Crippen LogP contribution >= 0.6 is 15.9 Å². The van der Waals surface area contributed by atoms with Gasteiger partial charge < -0.3 is 15.5 Å². The molecule has 0 aliphatic carbocycles. The lowest BCUT2D eigenvalue weighted by Gasteiger charge is -2.04. The summed E-state index contributed by atoms with van der Waals surface area (Å²) in [6.45, 7) is 0.422. The maximum atomic E-state index is 13.5. The van der Waals surface area contributed by atoms with Gasteiger partial charge in [-0.1, -0.05) is 11.2 Å². The number of para-hydroxylation sites is 1. The van der Waals surface area contributed by atoms with Gasteiger partial charge in [-0.05, 0) is 28.1 Å². The van der Waals surface area contributed by atoms with Crippen molar-refractivity contribution in [1.29, 1.82) is 0 Å². The van der Waals surface area contributed by atoms with E-state index in [4.69, 9.17) is 10.2 Å². The molecule has 0 spiro atoms. The van der Waals surface area contributed by atoms with E-state index in [1.54, 1.807) is 12.1 Å². The van der Waals surface area contributed by atoms with Crippen molar-refractivity contribution in [2.75, 3.05) is 11.9 Å². The maximum absolute atomic E-state index is 13.5. The molecule has 1 aromatic carbocycles. The van der Waals surface area contributed by atoms with Gasteiger partial charge >= 0.3 is 6.01 Å². The molecule has 5 nitrogen and oxygen atoms in total. The van der Waals surface area contributed by atoms with Crippen LogP contribution in [0, 0.1) is 5.82 Å². The highest BCUT2D eigenvalue weighted by Gasteiger charge is 2.10. The molecule has 0 saturated carbocycles. The maximum Gasteiger partial charge on any atom is 0.320 e. The molecule has 0 unspecified atom stereocenters. The lowest BCUT2D eigenvalue weighted by molar-refractivity contribution is 0.509. The monoisotopic (exact) mass is 300 g/mol. The van der Waals surface area contributed by atoms with Gasteiger partial charge in [-0.25, -0.2) is 4.39 Å². The Bertz CT molecular complexity index is 497. The summed E-state index contributed by atoms with van der Waals surface area (Å²) in [5.74, 6) is 0.0143. The van der Waals surface area contributed by atoms with E-state index in [-0.39, 0.29) is 11.7 Å². The third-order valence-corrected chi connectivity index (χ3v) is 2.68. The number of anilines is 2. The highest BCUT2D eigenvalue weighted by molar-refractivity contribution is 9.10. The fourth-order valence-corrected chi connectivity index (χ4v) is 1.69. The van der Waals surface area contributed by atoms with Crippen LogP contribution in [-0.2, 0) is 6.42 Å². The van der Waals surface area contributed by atoms with Gasteiger partial charge in [-0.15, -0.1) is 5.10 Å². The Hall–Kier alpha value is -1.47. The molecule has 0 aliphatic rings. The molecule has 0 radical (unpaired) electrons. The Labute approximate surface area is 105 Å². The van der Waals surface area contributed by atoms with E-state index >= 15 is 0 Å². The Kier molecular flexibility index (Phi) is 3.70. The Morgan fingerprint density at radius 3 is 2.94 bits per heavy atom. The number of hydrogen-bond donors (Lipinski definition) is 2. The number of nitrogens with two attached hydrogens (primary N) is 1. The van der Waals surface area contributed by atoms with Gasteiger partial charge in [-0.2, -0.15) is 0 Å². The van der Waals surface area contributed by atoms with Gasteiger partial charge in [0, 0.05) is 17.4 Å². The molecule has 1 aromatic heterocycles. The van der Waals surface area contributed by atoms with Gasteiger partial charge in [0.2, 0.25) is 5.89 Å². The van der Waals surface area contributed by atoms with Crippen molar-refractivity contribution in [3.8, 4) is 0 Å². The summed E-state index contributed by atoms with van der Waals surface area (Å²) in [4.78, 5) is 0. The molecule has 0 saturated heterocycles. The first-order valence-corrected chi connectivity index (χ1v) is 5.73. The number of benzene rings is 1. The fourth-order valence-electron chi connectivity index (χ4n) is 1.25. The van der Waals surface area contributed by atoms with Crippen LogP contribution in [0.5, 0.6) is 0 Å². The van der Waals surface area contributed by atoms with Crippen LogP contribution in [0.15, 0.2) is 27.1 Å². The van der Waals surface area contributed by atoms with Gasteiger partial charge in [0.25, 0.3) is 0 Å². The van der Waals surface area contributed by atoms with Crippen molar-refractivity contribution in [3.63, 3.8) is 0 Å². The summed E-state index contributed by atoms with van der Waals surface area (Å²) in [6.07, 6.45) is 0.493. The van der Waals surface area contributed by atoms with Crippen molar-refractivity contribution < 1.29 is 8.81 Å². The highest BCUT2D eigenvalue weighted by Crippen LogP contribution is 2.27. The molecular weight excluding hydrogens is 291 g/mol. The third-order valence-electron chi connectivity index (χ3n) is 2.02. The molecular formula is C10H10BrFN4O. The zero-order valence-corrected chi connectivity index (χ0v) is 10.4. The summed E-state index contributed by atoms with van der Waals surface area (Å²) in [5.41, 5.74) is 5.61. The molecule has 1 heterocycles. The summed E-state index contributed by atoms with van der Waals surface area (Å²) < 4.78 is 19.3. The molecule has 0 bridgehead atoms. The normalized spacial score (nSPS) is 10.5. The van der Waals surface area contributed by atoms with E-state index in [2.05, 4.69) is 31.4 Å². The van der Waals surface area contributed by atoms with Gasteiger partial charge in [0.05, 0.1) is 5.69 Å². The van der Waals surface area contributed by atoms with E-state index in [1.165, 1.54) is 6.07 Å². The highest BCUT2D eigenvalue weighted by atomic mass is 79.9. The molecule has 2 aromatic rings. The van der Waals surface area contributed by atoms with Crippen LogP contribution < -0.4 is 11.1 Å². The summed E-state index contributed by atoms with van der Waals surface area (Å²) >= 11 is 3.23. The van der Waals surface area contributed by atoms with Gasteiger partial charge in [0.1, 0.15) is 5.82 Å². The van der Waals surface area contributed by atoms with Crippen LogP contribution in [-0.4, -0.2) is 16.7 Å². The van der Waals surface area contributed by atoms with Crippen molar-refractivity contribution in [2.45, 2.75) is 6.42 Å². The second-order valence-electron chi connectivity index (χ2n) is 3.26. The van der Waals surface area contributed by atoms with Gasteiger partial charge in [0.15, 0.2) is 0 Å². The number of halogens is 2. The van der Waals surface area contributed by atoms with Crippen molar-refractivity contribution >= 4 is 27.6 Å². The number of nitrogens with one attached hydrogen (secondary N) is 1. The Morgan fingerprint density at radius 1 is 1.41 bits per heavy atom. The third kappa shape index (κ3) is 2.80. The van der Waals surface area contributed by atoms with Crippen LogP contribution in [0.2, 0.25) is 0 Å². The minimum Gasteiger partial charge on any atom is -0.408 e. The van der Waals surface area contributed by atoms with E-state index in [9.17, 15) is 4.39 Å². The second-order valence-corrected chi connectivity index (χ2v) is 4.12. The molecule has 2 rings (SSSR count). The predicted molar refractivity (Wildman–Crippen MR) is 64.4 cm³/mol. The quantitative estimate of drug-likeness (QED) is 0.905. The minimum absolute atomic E-state index is 0.138. The lowest BCUT2D eigenvalue weighted by atomic mass is 10.3. The lowest BCUT2D eigenvalue weighted by Crippen LogP contribution is -2.02. The smallest absolute Gasteiger partial charge is 0.320 e. The molecule has 0 aliphatic heterocycles. The molecule has 3 N–H and O–H groups in total. The van der Waals surface area contributed by atoms with E-state index in [0.717, 1.165) is 0 Å². The zero-order chi connectivity index (χ0) is 12.3. The van der Waals surface area contributed by atoms with Crippen LogP contribution in [0.3, 0.4) is 0 Å². The van der Waals surface area contributed by atoms with E-state index in [1.807, 2.05) is 0 Å². The topological polar surface area (TPSA) is 77.0 Å². The standard InChI is InChI=1S/C10H10BrFN4O/c11-6-2-1-3-7(12)9(6)14-10-16-15-8(17-10)4-5-13/h1-3H,4-5,13H2,(H,14,16). The summed E-state index contributed by atoms with van der Waals surface area (Å²) in [6, 6.07) is 4.78. The minimum atomic E-state index is -0.405. The fraction of sp³-hybridized carbons (Fsp3) is 0.200. The molecule has 0 atom stereocenters. The van der Waals surface area contributed by atoms with Crippen LogP contribution in [0.1, 0.15) is 5.89 Å². The summed E-state index contributed by atoms with van der Waals surface area (Å²) in [5, 5.41) is 10.2. The van der Waals surface area contributed by atoms with E-state index in [0.29, 0.717) is 23.3 Å². The predicted octanol–water partition coefficient (Wildman–Crippen LogP) is 2.22. The van der Waals surface area contributed by atoms with E-state index < -0.39 is 5.82 Å². The number of rotatable bonds is 4. The molecule has 0 amide bonds. The average Bonchev–Trinajstić information content (AvgIpc) is 2.72. The summed E-state index contributed by atoms with van der Waals surface area (Å²) in [7, 11) is 0. The van der Waals surface area contributed by atoms with Crippen molar-refractivity contribution in [1.82, 2.24) is 10.2 Å². The molecule has 90 valence electrons. The largest absolute Gasteiger partial charge is 0.408 e. The first-order chi connectivity index (χ1) is 8.20. The average molecular weight is 301 g/mol. The second kappa shape index (κ2) is 5.24. The number of aromatic nitrogens is 2. The van der Waals surface area contributed by atoms with Crippen molar-refractivity contribution in [2.24, 2.45) is 5.73 Å². The Morgan fingerprint density at radius 2 is 2.24 bits per heavy atom. The molecule has 0 fully saturated rings. The zero-order valence-electron chi connectivity index (χ0n) is 8.78. The van der Waals surface area contributed by atoms with Gasteiger partial charge in [-0.3, -0.25) is 0 Å². The first-order valence-electron chi connectivity index (χ1n) is 4.94. The first kappa shape index (κ1) is 12.0. The van der Waals surface area contributed by atoms with Crippen molar-refractivity contribution in [3.05, 3.63) is 34.4 Å². The number of nitrogens with zero attached hydrogens (tertiary/aromatic N) is 2. The van der Waals surface area contributed by atoms with Crippen LogP contribution in [0.25, 0.3) is 0 Å². The van der Waals surface area contributed by atoms with Crippen LogP contribution in [0.4, 0.5) is 16.1 Å².